The second-order valence-corrected chi connectivity index (χ2v) is 9.37. The van der Waals surface area contributed by atoms with Crippen molar-refractivity contribution >= 4 is 17.8 Å². The molecule has 1 saturated heterocycles. The van der Waals surface area contributed by atoms with E-state index in [-0.39, 0.29) is 5.91 Å². The maximum Gasteiger partial charge on any atom is 0.490 e. The standard InChI is InChI=1S/C25H28N4O.2C2HF3O2/c1-26-25(30)24-8-6-23(7-9-24)22-4-2-20(3-5-22)18-28-14-16-29(17-15-28)19-21-10-12-27-13-11-21;2*3-2(4,5)1(6)7/h2-13H,14-19H2,1H3,(H,26,30);2*(H,6,7). The third kappa shape index (κ3) is 12.4. The van der Waals surface area contributed by atoms with Crippen molar-refractivity contribution in [1.82, 2.24) is 20.1 Å². The predicted molar refractivity (Wildman–Crippen MR) is 147 cm³/mol. The van der Waals surface area contributed by atoms with Crippen LogP contribution in [0.2, 0.25) is 0 Å². The molecule has 1 amide bonds. The van der Waals surface area contributed by atoms with Crippen LogP contribution in [0.5, 0.6) is 0 Å². The quantitative estimate of drug-likeness (QED) is 0.336. The molecular weight excluding hydrogens is 598 g/mol. The fourth-order valence-corrected chi connectivity index (χ4v) is 3.87. The monoisotopic (exact) mass is 628 g/mol. The van der Waals surface area contributed by atoms with Gasteiger partial charge in [-0.15, -0.1) is 0 Å². The lowest BCUT2D eigenvalue weighted by Crippen LogP contribution is -2.45. The molecule has 15 heteroatoms. The molecule has 44 heavy (non-hydrogen) atoms. The molecule has 0 spiro atoms. The van der Waals surface area contributed by atoms with E-state index in [2.05, 4.69) is 56.5 Å². The summed E-state index contributed by atoms with van der Waals surface area (Å²) in [6, 6.07) is 20.7. The van der Waals surface area contributed by atoms with Crippen LogP contribution < -0.4 is 5.32 Å². The van der Waals surface area contributed by atoms with E-state index in [0.29, 0.717) is 5.56 Å². The lowest BCUT2D eigenvalue weighted by Gasteiger charge is -2.34. The molecular formula is C29H30F6N4O5. The molecule has 2 aromatic carbocycles. The van der Waals surface area contributed by atoms with Gasteiger partial charge in [-0.3, -0.25) is 19.6 Å². The number of hydrogen-bond acceptors (Lipinski definition) is 6. The molecule has 1 fully saturated rings. The zero-order valence-electron chi connectivity index (χ0n) is 23.4. The van der Waals surface area contributed by atoms with Gasteiger partial charge in [0, 0.05) is 64.3 Å². The highest BCUT2D eigenvalue weighted by atomic mass is 19.4. The van der Waals surface area contributed by atoms with Crippen LogP contribution in [0.3, 0.4) is 0 Å². The Labute approximate surface area is 248 Å². The lowest BCUT2D eigenvalue weighted by atomic mass is 10.0. The number of amides is 1. The number of hydrogen-bond donors (Lipinski definition) is 3. The van der Waals surface area contributed by atoms with E-state index in [1.165, 1.54) is 16.7 Å². The Morgan fingerprint density at radius 1 is 0.682 bits per heavy atom. The van der Waals surface area contributed by atoms with Crippen molar-refractivity contribution in [3.63, 3.8) is 0 Å². The van der Waals surface area contributed by atoms with Crippen LogP contribution in [0.4, 0.5) is 26.3 Å². The molecule has 3 N–H and O–H groups in total. The van der Waals surface area contributed by atoms with Crippen molar-refractivity contribution < 1.29 is 50.9 Å². The smallest absolute Gasteiger partial charge is 0.475 e. The number of benzene rings is 2. The largest absolute Gasteiger partial charge is 0.490 e. The van der Waals surface area contributed by atoms with Crippen LogP contribution in [0.15, 0.2) is 73.1 Å². The first-order chi connectivity index (χ1) is 20.6. The Balaban J connectivity index is 0.000000402. The van der Waals surface area contributed by atoms with Crippen molar-refractivity contribution in [1.29, 1.82) is 0 Å². The topological polar surface area (TPSA) is 123 Å². The zero-order valence-corrected chi connectivity index (χ0v) is 23.4. The summed E-state index contributed by atoms with van der Waals surface area (Å²) in [5, 5.41) is 16.9. The lowest BCUT2D eigenvalue weighted by molar-refractivity contribution is -0.193. The SMILES string of the molecule is CNC(=O)c1ccc(-c2ccc(CN3CCN(Cc4ccncc4)CC3)cc2)cc1.O=C(O)C(F)(F)F.O=C(O)C(F)(F)F. The Bertz CT molecular complexity index is 1320. The molecule has 0 saturated carbocycles. The molecule has 4 rings (SSSR count). The molecule has 1 aliphatic heterocycles. The maximum absolute atomic E-state index is 11.7. The Kier molecular flexibility index (Phi) is 13.3. The van der Waals surface area contributed by atoms with Gasteiger partial charge in [-0.2, -0.15) is 26.3 Å². The summed E-state index contributed by atoms with van der Waals surface area (Å²) >= 11 is 0. The maximum atomic E-state index is 11.7. The number of nitrogens with zero attached hydrogens (tertiary/aromatic N) is 3. The van der Waals surface area contributed by atoms with Crippen LogP contribution in [-0.2, 0) is 22.7 Å². The van der Waals surface area contributed by atoms with E-state index >= 15 is 0 Å². The van der Waals surface area contributed by atoms with Crippen molar-refractivity contribution in [2.45, 2.75) is 25.4 Å². The highest BCUT2D eigenvalue weighted by Crippen LogP contribution is 2.21. The molecule has 0 radical (unpaired) electrons. The Morgan fingerprint density at radius 2 is 1.02 bits per heavy atom. The minimum absolute atomic E-state index is 0.0576. The summed E-state index contributed by atoms with van der Waals surface area (Å²) in [6.45, 7) is 6.36. The summed E-state index contributed by atoms with van der Waals surface area (Å²) in [7, 11) is 1.65. The molecule has 1 aliphatic rings. The molecule has 0 atom stereocenters. The molecule has 9 nitrogen and oxygen atoms in total. The average Bonchev–Trinajstić information content (AvgIpc) is 2.98. The number of carboxylic acid groups (broad SMARTS) is 2. The van der Waals surface area contributed by atoms with E-state index in [4.69, 9.17) is 19.8 Å². The van der Waals surface area contributed by atoms with Crippen LogP contribution in [0.25, 0.3) is 11.1 Å². The van der Waals surface area contributed by atoms with E-state index in [1.54, 1.807) is 7.05 Å². The highest BCUT2D eigenvalue weighted by molar-refractivity contribution is 5.94. The number of rotatable bonds is 6. The first-order valence-corrected chi connectivity index (χ1v) is 13.0. The van der Waals surface area contributed by atoms with Crippen LogP contribution in [-0.4, -0.2) is 88.4 Å². The summed E-state index contributed by atoms with van der Waals surface area (Å²) < 4.78 is 63.5. The van der Waals surface area contributed by atoms with Gasteiger partial charge in [0.15, 0.2) is 0 Å². The first kappa shape index (κ1) is 35.7. The predicted octanol–water partition coefficient (Wildman–Crippen LogP) is 4.69. The zero-order chi connectivity index (χ0) is 32.9. The van der Waals surface area contributed by atoms with Crippen LogP contribution in [0, 0.1) is 0 Å². The second-order valence-electron chi connectivity index (χ2n) is 9.37. The first-order valence-electron chi connectivity index (χ1n) is 13.0. The molecule has 2 heterocycles. The summed E-state index contributed by atoms with van der Waals surface area (Å²) in [5.41, 5.74) is 5.64. The van der Waals surface area contributed by atoms with Gasteiger partial charge in [0.05, 0.1) is 0 Å². The number of halogens is 6. The van der Waals surface area contributed by atoms with Crippen LogP contribution >= 0.6 is 0 Å². The number of carbonyl (C=O) groups excluding carboxylic acids is 1. The van der Waals surface area contributed by atoms with Crippen molar-refractivity contribution in [3.8, 4) is 11.1 Å². The highest BCUT2D eigenvalue weighted by Gasteiger charge is 2.38. The molecule has 238 valence electrons. The fraction of sp³-hybridized carbons (Fsp3) is 0.310. The number of carbonyl (C=O) groups is 3. The molecule has 0 aliphatic carbocycles. The van der Waals surface area contributed by atoms with Crippen molar-refractivity contribution in [3.05, 3.63) is 89.7 Å². The Hall–Kier alpha value is -4.50. The molecule has 0 bridgehead atoms. The third-order valence-electron chi connectivity index (χ3n) is 6.17. The van der Waals surface area contributed by atoms with Crippen LogP contribution in [0.1, 0.15) is 21.5 Å². The van der Waals surface area contributed by atoms with Gasteiger partial charge in [0.1, 0.15) is 0 Å². The normalized spacial score (nSPS) is 13.9. The molecule has 3 aromatic rings. The van der Waals surface area contributed by atoms with Gasteiger partial charge in [-0.1, -0.05) is 36.4 Å². The number of aromatic nitrogens is 1. The van der Waals surface area contributed by atoms with Gasteiger partial charge in [-0.25, -0.2) is 9.59 Å². The number of carboxylic acids is 2. The summed E-state index contributed by atoms with van der Waals surface area (Å²) in [4.78, 5) is 38.6. The van der Waals surface area contributed by atoms with Crippen molar-refractivity contribution in [2.24, 2.45) is 0 Å². The number of piperazine rings is 1. The van der Waals surface area contributed by atoms with Gasteiger partial charge < -0.3 is 15.5 Å². The summed E-state index contributed by atoms with van der Waals surface area (Å²) in [6.07, 6.45) is -6.43. The number of pyridine rings is 1. The van der Waals surface area contributed by atoms with Crippen molar-refractivity contribution in [2.75, 3.05) is 33.2 Å². The molecule has 0 unspecified atom stereocenters. The summed E-state index contributed by atoms with van der Waals surface area (Å²) in [5.74, 6) is -5.57. The van der Waals surface area contributed by atoms with Gasteiger partial charge >= 0.3 is 24.3 Å². The number of aliphatic carboxylic acids is 2. The van der Waals surface area contributed by atoms with Gasteiger partial charge in [0.2, 0.25) is 0 Å². The fourth-order valence-electron chi connectivity index (χ4n) is 3.87. The minimum atomic E-state index is -5.08. The minimum Gasteiger partial charge on any atom is -0.475 e. The van der Waals surface area contributed by atoms with E-state index in [1.807, 2.05) is 36.7 Å². The van der Waals surface area contributed by atoms with E-state index < -0.39 is 24.3 Å². The van der Waals surface area contributed by atoms with Gasteiger partial charge in [0.25, 0.3) is 5.91 Å². The number of alkyl halides is 6. The van der Waals surface area contributed by atoms with Gasteiger partial charge in [-0.05, 0) is 46.5 Å². The third-order valence-corrected chi connectivity index (χ3v) is 6.17. The average molecular weight is 629 g/mol. The second kappa shape index (κ2) is 16.4. The molecule has 1 aromatic heterocycles. The van der Waals surface area contributed by atoms with E-state index in [0.717, 1.165) is 44.8 Å². The number of nitrogens with one attached hydrogen (secondary N) is 1. The van der Waals surface area contributed by atoms with E-state index in [9.17, 15) is 31.1 Å². The Morgan fingerprint density at radius 3 is 1.36 bits per heavy atom.